The highest BCUT2D eigenvalue weighted by Crippen LogP contribution is 2.26. The standard InChI is InChI=1S/C21H25N5O2/c1-14-8-20(24-19-10-17(28-3)4-5-18(14)19)22-11-15-6-7-26(13-15)16-9-21(27)25(2)23-12-16/h4-5,8-10,12,15H,6-7,11,13H2,1-3H3,(H,22,24)/t15-/m0/s1. The first-order valence-corrected chi connectivity index (χ1v) is 9.51. The van der Waals surface area contributed by atoms with Crippen LogP contribution in [0.25, 0.3) is 10.9 Å². The van der Waals surface area contributed by atoms with Crippen LogP contribution in [-0.4, -0.2) is 41.5 Å². The number of hydrogen-bond donors (Lipinski definition) is 1. The number of methoxy groups -OCH3 is 1. The molecule has 0 spiro atoms. The van der Waals surface area contributed by atoms with Gasteiger partial charge in [-0.05, 0) is 43.0 Å². The zero-order valence-corrected chi connectivity index (χ0v) is 16.5. The first-order valence-electron chi connectivity index (χ1n) is 9.51. The highest BCUT2D eigenvalue weighted by Gasteiger charge is 2.23. The van der Waals surface area contributed by atoms with Crippen LogP contribution in [-0.2, 0) is 7.05 Å². The van der Waals surface area contributed by atoms with Crippen LogP contribution in [0.15, 0.2) is 41.3 Å². The summed E-state index contributed by atoms with van der Waals surface area (Å²) in [7, 11) is 3.33. The van der Waals surface area contributed by atoms with Gasteiger partial charge in [0.25, 0.3) is 5.56 Å². The molecule has 3 heterocycles. The van der Waals surface area contributed by atoms with Gasteiger partial charge in [0.15, 0.2) is 0 Å². The number of aryl methyl sites for hydroxylation is 2. The van der Waals surface area contributed by atoms with Gasteiger partial charge in [-0.15, -0.1) is 0 Å². The molecule has 1 aliphatic heterocycles. The van der Waals surface area contributed by atoms with Crippen molar-refractivity contribution in [3.8, 4) is 5.75 Å². The summed E-state index contributed by atoms with van der Waals surface area (Å²) in [4.78, 5) is 18.8. The van der Waals surface area contributed by atoms with E-state index in [0.717, 1.165) is 54.2 Å². The molecule has 7 nitrogen and oxygen atoms in total. The first-order chi connectivity index (χ1) is 13.5. The van der Waals surface area contributed by atoms with E-state index in [1.54, 1.807) is 26.4 Å². The van der Waals surface area contributed by atoms with Gasteiger partial charge in [-0.3, -0.25) is 4.79 Å². The van der Waals surface area contributed by atoms with Crippen LogP contribution in [0.4, 0.5) is 11.5 Å². The second kappa shape index (κ2) is 7.50. The van der Waals surface area contributed by atoms with Gasteiger partial charge in [0.2, 0.25) is 0 Å². The average molecular weight is 379 g/mol. The molecule has 0 bridgehead atoms. The Morgan fingerprint density at radius 2 is 2.14 bits per heavy atom. The van der Waals surface area contributed by atoms with Gasteiger partial charge in [0, 0.05) is 44.2 Å². The monoisotopic (exact) mass is 379 g/mol. The summed E-state index contributed by atoms with van der Waals surface area (Å²) in [6.07, 6.45) is 2.83. The topological polar surface area (TPSA) is 72.3 Å². The fraction of sp³-hybridized carbons (Fsp3) is 0.381. The molecule has 146 valence electrons. The molecular weight excluding hydrogens is 354 g/mol. The second-order valence-electron chi connectivity index (χ2n) is 7.36. The van der Waals surface area contributed by atoms with Crippen molar-refractivity contribution < 1.29 is 4.74 Å². The van der Waals surface area contributed by atoms with Gasteiger partial charge in [0.05, 0.1) is 24.5 Å². The minimum absolute atomic E-state index is 0.0784. The number of ether oxygens (including phenoxy) is 1. The number of fused-ring (bicyclic) bond motifs is 1. The van der Waals surface area contributed by atoms with E-state index in [0.29, 0.717) is 5.92 Å². The van der Waals surface area contributed by atoms with Gasteiger partial charge < -0.3 is 15.0 Å². The van der Waals surface area contributed by atoms with Crippen LogP contribution in [0.2, 0.25) is 0 Å². The lowest BCUT2D eigenvalue weighted by Crippen LogP contribution is -2.26. The van der Waals surface area contributed by atoms with Crippen LogP contribution in [0.1, 0.15) is 12.0 Å². The molecule has 7 heteroatoms. The highest BCUT2D eigenvalue weighted by molar-refractivity contribution is 5.85. The lowest BCUT2D eigenvalue weighted by molar-refractivity contribution is 0.415. The van der Waals surface area contributed by atoms with Crippen LogP contribution in [0, 0.1) is 12.8 Å². The Balaban J connectivity index is 1.43. The van der Waals surface area contributed by atoms with E-state index in [1.165, 1.54) is 10.2 Å². The van der Waals surface area contributed by atoms with Gasteiger partial charge in [-0.1, -0.05) is 0 Å². The number of rotatable bonds is 5. The molecule has 4 rings (SSSR count). The van der Waals surface area contributed by atoms with E-state index < -0.39 is 0 Å². The third-order valence-electron chi connectivity index (χ3n) is 5.40. The SMILES string of the molecule is COc1ccc2c(C)cc(NC[C@@H]3CCN(c4cnn(C)c(=O)c4)C3)nc2c1. The van der Waals surface area contributed by atoms with E-state index >= 15 is 0 Å². The Morgan fingerprint density at radius 3 is 2.93 bits per heavy atom. The maximum absolute atomic E-state index is 11.8. The van der Waals surface area contributed by atoms with Crippen LogP contribution >= 0.6 is 0 Å². The summed E-state index contributed by atoms with van der Waals surface area (Å²) < 4.78 is 6.67. The molecule has 1 saturated heterocycles. The Labute approximate surface area is 164 Å². The Morgan fingerprint density at radius 1 is 1.29 bits per heavy atom. The summed E-state index contributed by atoms with van der Waals surface area (Å²) in [5, 5.41) is 8.75. The van der Waals surface area contributed by atoms with Crippen molar-refractivity contribution in [3.05, 3.63) is 52.4 Å². The van der Waals surface area contributed by atoms with Gasteiger partial charge >= 0.3 is 0 Å². The smallest absolute Gasteiger partial charge is 0.268 e. The maximum Gasteiger partial charge on any atom is 0.268 e. The minimum atomic E-state index is -0.0784. The molecule has 0 saturated carbocycles. The van der Waals surface area contributed by atoms with Crippen molar-refractivity contribution >= 4 is 22.4 Å². The minimum Gasteiger partial charge on any atom is -0.497 e. The van der Waals surface area contributed by atoms with Gasteiger partial charge in [-0.25, -0.2) is 9.67 Å². The molecule has 1 aromatic carbocycles. The van der Waals surface area contributed by atoms with Crippen molar-refractivity contribution in [2.75, 3.05) is 37.0 Å². The molecule has 0 unspecified atom stereocenters. The molecule has 0 aliphatic carbocycles. The van der Waals surface area contributed by atoms with Gasteiger partial charge in [-0.2, -0.15) is 5.10 Å². The third kappa shape index (κ3) is 3.65. The van der Waals surface area contributed by atoms with E-state index in [9.17, 15) is 4.79 Å². The molecular formula is C21H25N5O2. The first kappa shape index (κ1) is 18.3. The average Bonchev–Trinajstić information content (AvgIpc) is 3.17. The lowest BCUT2D eigenvalue weighted by Gasteiger charge is -2.18. The van der Waals surface area contributed by atoms with Gasteiger partial charge in [0.1, 0.15) is 11.6 Å². The van der Waals surface area contributed by atoms with Crippen LogP contribution < -0.4 is 20.5 Å². The molecule has 1 N–H and O–H groups in total. The van der Waals surface area contributed by atoms with E-state index in [1.807, 2.05) is 18.2 Å². The number of aromatic nitrogens is 3. The molecule has 28 heavy (non-hydrogen) atoms. The molecule has 1 aliphatic rings. The Kier molecular flexibility index (Phi) is 4.90. The predicted octanol–water partition coefficient (Wildman–Crippen LogP) is 2.58. The number of pyridine rings is 1. The molecule has 0 amide bonds. The summed E-state index contributed by atoms with van der Waals surface area (Å²) in [5.74, 6) is 2.18. The van der Waals surface area contributed by atoms with Crippen LogP contribution in [0.5, 0.6) is 5.75 Å². The van der Waals surface area contributed by atoms with Crippen molar-refractivity contribution in [1.29, 1.82) is 0 Å². The van der Waals surface area contributed by atoms with E-state index in [2.05, 4.69) is 28.3 Å². The van der Waals surface area contributed by atoms with Crippen LogP contribution in [0.3, 0.4) is 0 Å². The fourth-order valence-corrected chi connectivity index (χ4v) is 3.72. The fourth-order valence-electron chi connectivity index (χ4n) is 3.72. The molecule has 1 atom stereocenters. The van der Waals surface area contributed by atoms with E-state index in [4.69, 9.17) is 9.72 Å². The van der Waals surface area contributed by atoms with Crippen molar-refractivity contribution in [2.24, 2.45) is 13.0 Å². The largest absolute Gasteiger partial charge is 0.497 e. The number of nitrogens with zero attached hydrogens (tertiary/aromatic N) is 4. The number of benzene rings is 1. The number of hydrogen-bond acceptors (Lipinski definition) is 6. The normalized spacial score (nSPS) is 16.5. The zero-order valence-electron chi connectivity index (χ0n) is 16.5. The molecule has 1 fully saturated rings. The van der Waals surface area contributed by atoms with Crippen molar-refractivity contribution in [2.45, 2.75) is 13.3 Å². The molecule has 2 aromatic heterocycles. The summed E-state index contributed by atoms with van der Waals surface area (Å²) in [6, 6.07) is 9.72. The van der Waals surface area contributed by atoms with E-state index in [-0.39, 0.29) is 5.56 Å². The summed E-state index contributed by atoms with van der Waals surface area (Å²) in [6.45, 7) is 4.78. The highest BCUT2D eigenvalue weighted by atomic mass is 16.5. The predicted molar refractivity (Wildman–Crippen MR) is 111 cm³/mol. The third-order valence-corrected chi connectivity index (χ3v) is 5.40. The summed E-state index contributed by atoms with van der Waals surface area (Å²) in [5.41, 5.74) is 2.94. The zero-order chi connectivity index (χ0) is 19.7. The molecule has 3 aromatic rings. The lowest BCUT2D eigenvalue weighted by atomic mass is 10.1. The maximum atomic E-state index is 11.8. The van der Waals surface area contributed by atoms with Crippen molar-refractivity contribution in [3.63, 3.8) is 0 Å². The second-order valence-corrected chi connectivity index (χ2v) is 7.36. The quantitative estimate of drug-likeness (QED) is 0.735. The Bertz CT molecular complexity index is 1060. The van der Waals surface area contributed by atoms with Crippen molar-refractivity contribution in [1.82, 2.24) is 14.8 Å². The molecule has 0 radical (unpaired) electrons. The Hall–Kier alpha value is -3.09. The summed E-state index contributed by atoms with van der Waals surface area (Å²) >= 11 is 0. The number of anilines is 2. The number of nitrogens with one attached hydrogen (secondary N) is 1.